The Morgan fingerprint density at radius 2 is 1.84 bits per heavy atom. The molecule has 0 aromatic heterocycles. The lowest BCUT2D eigenvalue weighted by atomic mass is 9.64. The Morgan fingerprint density at radius 1 is 1.08 bits per heavy atom. The predicted molar refractivity (Wildman–Crippen MR) is 97.1 cm³/mol. The molecule has 0 radical (unpaired) electrons. The number of hydrogen-bond acceptors (Lipinski definition) is 3. The second-order valence-electron chi connectivity index (χ2n) is 7.18. The molecule has 3 atom stereocenters. The Balaban J connectivity index is 1.80. The van der Waals surface area contributed by atoms with Gasteiger partial charge < -0.3 is 9.47 Å². The molecule has 0 saturated heterocycles. The number of aryl methyl sites for hydroxylation is 1. The SMILES string of the molecule is COC(=O)C1CCc2cc(OC)cc3c2C1CC(c1ccccc1)C3. The molecule has 0 spiro atoms. The van der Waals surface area contributed by atoms with Crippen molar-refractivity contribution in [2.45, 2.75) is 37.5 Å². The average Bonchev–Trinajstić information content (AvgIpc) is 2.67. The van der Waals surface area contributed by atoms with Gasteiger partial charge in [0.1, 0.15) is 5.75 Å². The monoisotopic (exact) mass is 336 g/mol. The molecule has 2 aliphatic carbocycles. The number of esters is 1. The van der Waals surface area contributed by atoms with E-state index in [9.17, 15) is 4.79 Å². The highest BCUT2D eigenvalue weighted by atomic mass is 16.5. The Labute approximate surface area is 149 Å². The van der Waals surface area contributed by atoms with E-state index in [1.165, 1.54) is 29.4 Å². The van der Waals surface area contributed by atoms with Crippen LogP contribution in [0.4, 0.5) is 0 Å². The fourth-order valence-corrected chi connectivity index (χ4v) is 4.78. The van der Waals surface area contributed by atoms with Gasteiger partial charge in [-0.25, -0.2) is 0 Å². The van der Waals surface area contributed by atoms with Crippen molar-refractivity contribution in [1.29, 1.82) is 0 Å². The smallest absolute Gasteiger partial charge is 0.309 e. The summed E-state index contributed by atoms with van der Waals surface area (Å²) in [4.78, 5) is 12.4. The molecule has 3 nitrogen and oxygen atoms in total. The zero-order chi connectivity index (χ0) is 17.4. The van der Waals surface area contributed by atoms with Gasteiger partial charge in [0.25, 0.3) is 0 Å². The van der Waals surface area contributed by atoms with Crippen molar-refractivity contribution in [3.05, 3.63) is 64.7 Å². The average molecular weight is 336 g/mol. The summed E-state index contributed by atoms with van der Waals surface area (Å²) in [5.74, 6) is 1.51. The molecule has 0 saturated carbocycles. The highest BCUT2D eigenvalue weighted by molar-refractivity contribution is 5.75. The molecule has 3 heteroatoms. The van der Waals surface area contributed by atoms with Crippen LogP contribution in [0.3, 0.4) is 0 Å². The summed E-state index contributed by atoms with van der Waals surface area (Å²) in [7, 11) is 3.23. The number of carbonyl (C=O) groups is 1. The zero-order valence-corrected chi connectivity index (χ0v) is 14.8. The maximum atomic E-state index is 12.4. The van der Waals surface area contributed by atoms with Crippen LogP contribution in [0.15, 0.2) is 42.5 Å². The normalized spacial score (nSPS) is 24.3. The molecule has 130 valence electrons. The van der Waals surface area contributed by atoms with E-state index in [-0.39, 0.29) is 17.8 Å². The van der Waals surface area contributed by atoms with Gasteiger partial charge in [0, 0.05) is 0 Å². The van der Waals surface area contributed by atoms with Crippen molar-refractivity contribution in [2.75, 3.05) is 14.2 Å². The molecule has 2 aliphatic rings. The number of ether oxygens (including phenoxy) is 2. The maximum absolute atomic E-state index is 12.4. The fourth-order valence-electron chi connectivity index (χ4n) is 4.78. The Bertz CT molecular complexity index is 781. The summed E-state index contributed by atoms with van der Waals surface area (Å²) >= 11 is 0. The van der Waals surface area contributed by atoms with E-state index in [4.69, 9.17) is 9.47 Å². The van der Waals surface area contributed by atoms with E-state index in [1.54, 1.807) is 7.11 Å². The topological polar surface area (TPSA) is 35.5 Å². The van der Waals surface area contributed by atoms with Crippen LogP contribution in [0.25, 0.3) is 0 Å². The Morgan fingerprint density at radius 3 is 2.56 bits per heavy atom. The van der Waals surface area contributed by atoms with Gasteiger partial charge in [0.15, 0.2) is 0 Å². The fraction of sp³-hybridized carbons (Fsp3) is 0.409. The lowest BCUT2D eigenvalue weighted by Gasteiger charge is -2.40. The molecule has 4 rings (SSSR count). The summed E-state index contributed by atoms with van der Waals surface area (Å²) in [5, 5.41) is 0. The van der Waals surface area contributed by atoms with Crippen molar-refractivity contribution in [2.24, 2.45) is 5.92 Å². The van der Waals surface area contributed by atoms with Gasteiger partial charge in [-0.05, 0) is 71.9 Å². The van der Waals surface area contributed by atoms with Gasteiger partial charge >= 0.3 is 5.97 Å². The first-order valence-corrected chi connectivity index (χ1v) is 9.03. The third kappa shape index (κ3) is 2.82. The first-order valence-electron chi connectivity index (χ1n) is 9.03. The summed E-state index contributed by atoms with van der Waals surface area (Å²) in [6.07, 6.45) is 3.80. The number of rotatable bonds is 3. The van der Waals surface area contributed by atoms with Crippen molar-refractivity contribution in [3.63, 3.8) is 0 Å². The van der Waals surface area contributed by atoms with Gasteiger partial charge in [-0.3, -0.25) is 4.79 Å². The predicted octanol–water partition coefficient (Wildman–Crippen LogP) is 4.24. The van der Waals surface area contributed by atoms with Gasteiger partial charge in [-0.1, -0.05) is 30.3 Å². The highest BCUT2D eigenvalue weighted by Crippen LogP contribution is 2.50. The van der Waals surface area contributed by atoms with E-state index < -0.39 is 0 Å². The van der Waals surface area contributed by atoms with E-state index >= 15 is 0 Å². The standard InChI is InChI=1S/C22H24O3/c1-24-18-11-15-8-9-19(22(23)25-2)20-13-16(10-17(12-18)21(15)20)14-6-4-3-5-7-14/h3-7,11-12,16,19-20H,8-10,13H2,1-2H3. The van der Waals surface area contributed by atoms with Crippen LogP contribution in [-0.2, 0) is 22.4 Å². The van der Waals surface area contributed by atoms with E-state index in [0.717, 1.165) is 31.4 Å². The Hall–Kier alpha value is -2.29. The molecule has 0 fully saturated rings. The van der Waals surface area contributed by atoms with Gasteiger partial charge in [0.05, 0.1) is 20.1 Å². The molecule has 0 amide bonds. The molecule has 3 unspecified atom stereocenters. The maximum Gasteiger partial charge on any atom is 0.309 e. The summed E-state index contributed by atoms with van der Waals surface area (Å²) in [6, 6.07) is 15.0. The van der Waals surface area contributed by atoms with Crippen molar-refractivity contribution >= 4 is 5.97 Å². The quantitative estimate of drug-likeness (QED) is 0.786. The third-order valence-corrected chi connectivity index (χ3v) is 5.92. The van der Waals surface area contributed by atoms with Crippen LogP contribution in [0, 0.1) is 5.92 Å². The minimum Gasteiger partial charge on any atom is -0.497 e. The summed E-state index contributed by atoms with van der Waals surface area (Å²) in [5.41, 5.74) is 5.43. The van der Waals surface area contributed by atoms with E-state index in [2.05, 4.69) is 42.5 Å². The zero-order valence-electron chi connectivity index (χ0n) is 14.8. The largest absolute Gasteiger partial charge is 0.497 e. The number of benzene rings is 2. The molecule has 0 aliphatic heterocycles. The molecule has 0 heterocycles. The van der Waals surface area contributed by atoms with Crippen molar-refractivity contribution in [3.8, 4) is 5.75 Å². The van der Waals surface area contributed by atoms with E-state index in [1.807, 2.05) is 0 Å². The molecular formula is C22H24O3. The van der Waals surface area contributed by atoms with E-state index in [0.29, 0.717) is 5.92 Å². The molecule has 2 aromatic carbocycles. The molecule has 25 heavy (non-hydrogen) atoms. The van der Waals surface area contributed by atoms with Crippen LogP contribution in [0.5, 0.6) is 5.75 Å². The summed E-state index contributed by atoms with van der Waals surface area (Å²) in [6.45, 7) is 0. The van der Waals surface area contributed by atoms with Crippen molar-refractivity contribution < 1.29 is 14.3 Å². The van der Waals surface area contributed by atoms with Crippen LogP contribution >= 0.6 is 0 Å². The van der Waals surface area contributed by atoms with Crippen LogP contribution in [0.2, 0.25) is 0 Å². The Kier molecular flexibility index (Phi) is 4.24. The van der Waals surface area contributed by atoms with Gasteiger partial charge in [-0.15, -0.1) is 0 Å². The minimum atomic E-state index is -0.0638. The van der Waals surface area contributed by atoms with Crippen LogP contribution in [0.1, 0.15) is 46.9 Å². The molecule has 0 N–H and O–H groups in total. The summed E-state index contributed by atoms with van der Waals surface area (Å²) < 4.78 is 10.6. The molecular weight excluding hydrogens is 312 g/mol. The number of methoxy groups -OCH3 is 2. The second kappa shape index (κ2) is 6.55. The van der Waals surface area contributed by atoms with Crippen LogP contribution < -0.4 is 4.74 Å². The molecule has 0 bridgehead atoms. The van der Waals surface area contributed by atoms with Gasteiger partial charge in [-0.2, -0.15) is 0 Å². The van der Waals surface area contributed by atoms with Gasteiger partial charge in [0.2, 0.25) is 0 Å². The third-order valence-electron chi connectivity index (χ3n) is 5.92. The second-order valence-corrected chi connectivity index (χ2v) is 7.18. The minimum absolute atomic E-state index is 0.0313. The lowest BCUT2D eigenvalue weighted by Crippen LogP contribution is -2.33. The number of carbonyl (C=O) groups excluding carboxylic acids is 1. The molecule has 2 aromatic rings. The van der Waals surface area contributed by atoms with Crippen LogP contribution in [-0.4, -0.2) is 20.2 Å². The first-order chi connectivity index (χ1) is 12.2. The van der Waals surface area contributed by atoms with Crippen molar-refractivity contribution in [1.82, 2.24) is 0 Å². The highest BCUT2D eigenvalue weighted by Gasteiger charge is 2.41. The lowest BCUT2D eigenvalue weighted by molar-refractivity contribution is -0.147. The first kappa shape index (κ1) is 16.2. The number of hydrogen-bond donors (Lipinski definition) is 0.